The zero-order valence-electron chi connectivity index (χ0n) is 18.9. The summed E-state index contributed by atoms with van der Waals surface area (Å²) in [6, 6.07) is 7.47. The van der Waals surface area contributed by atoms with Crippen molar-refractivity contribution in [3.05, 3.63) is 41.5 Å². The predicted octanol–water partition coefficient (Wildman–Crippen LogP) is 3.34. The zero-order valence-corrected chi connectivity index (χ0v) is 18.9. The molecule has 4 N–H and O–H groups in total. The number of carbonyl (C=O) groups excluding carboxylic acids is 2. The summed E-state index contributed by atoms with van der Waals surface area (Å²) in [6.45, 7) is 2.59. The first-order valence-electron chi connectivity index (χ1n) is 10.5. The first-order valence-corrected chi connectivity index (χ1v) is 10.5. The Balaban J connectivity index is 2.09. The van der Waals surface area contributed by atoms with Crippen molar-refractivity contribution in [2.75, 3.05) is 7.11 Å². The summed E-state index contributed by atoms with van der Waals surface area (Å²) in [5.74, 6) is -1.94. The maximum absolute atomic E-state index is 11.6. The third-order valence-corrected chi connectivity index (χ3v) is 5.08. The third kappa shape index (κ3) is 8.10. The molecule has 0 bridgehead atoms. The molecule has 0 amide bonds. The summed E-state index contributed by atoms with van der Waals surface area (Å²) >= 11 is 0. The molecule has 0 saturated heterocycles. The fourth-order valence-electron chi connectivity index (χ4n) is 3.54. The average Bonchev–Trinajstić information content (AvgIpc) is 2.74. The Morgan fingerprint density at radius 3 is 1.85 bits per heavy atom. The number of phenols is 4. The molecule has 2 aromatic carbocycles. The van der Waals surface area contributed by atoms with Crippen LogP contribution in [0.15, 0.2) is 30.3 Å². The van der Waals surface area contributed by atoms with Gasteiger partial charge in [-0.3, -0.25) is 9.59 Å². The molecule has 0 saturated carbocycles. The van der Waals surface area contributed by atoms with Gasteiger partial charge in [0.15, 0.2) is 23.0 Å². The Hall–Kier alpha value is -3.62. The van der Waals surface area contributed by atoms with Crippen molar-refractivity contribution in [1.29, 1.82) is 0 Å². The van der Waals surface area contributed by atoms with E-state index >= 15 is 0 Å². The predicted molar refractivity (Wildman–Crippen MR) is 118 cm³/mol. The molecule has 2 aromatic rings. The lowest BCUT2D eigenvalue weighted by Gasteiger charge is -2.24. The van der Waals surface area contributed by atoms with Gasteiger partial charge in [0.2, 0.25) is 5.75 Å². The van der Waals surface area contributed by atoms with E-state index in [2.05, 4.69) is 0 Å². The van der Waals surface area contributed by atoms with Gasteiger partial charge in [0, 0.05) is 20.3 Å². The van der Waals surface area contributed by atoms with Crippen LogP contribution in [0.5, 0.6) is 28.7 Å². The molecule has 9 heteroatoms. The second kappa shape index (κ2) is 11.8. The molecule has 0 heterocycles. The van der Waals surface area contributed by atoms with E-state index in [-0.39, 0.29) is 35.2 Å². The van der Waals surface area contributed by atoms with Gasteiger partial charge >= 0.3 is 11.9 Å². The number of ether oxygens (including phenoxy) is 3. The fourth-order valence-corrected chi connectivity index (χ4v) is 3.54. The minimum Gasteiger partial charge on any atom is -0.504 e. The van der Waals surface area contributed by atoms with E-state index in [4.69, 9.17) is 14.2 Å². The molecule has 2 rings (SSSR count). The summed E-state index contributed by atoms with van der Waals surface area (Å²) < 4.78 is 15.9. The van der Waals surface area contributed by atoms with E-state index in [9.17, 15) is 30.0 Å². The summed E-state index contributed by atoms with van der Waals surface area (Å²) in [4.78, 5) is 23.3. The Morgan fingerprint density at radius 2 is 1.33 bits per heavy atom. The topological polar surface area (TPSA) is 143 Å². The van der Waals surface area contributed by atoms with Crippen molar-refractivity contribution in [2.24, 2.45) is 0 Å². The normalized spacial score (nSPS) is 12.6. The number of hydrogen-bond acceptors (Lipinski definition) is 9. The number of benzene rings is 2. The highest BCUT2D eigenvalue weighted by molar-refractivity contribution is 5.66. The monoisotopic (exact) mass is 462 g/mol. The lowest BCUT2D eigenvalue weighted by Crippen LogP contribution is -2.27. The number of hydrogen-bond donors (Lipinski definition) is 4. The number of esters is 2. The Labute approximate surface area is 192 Å². The molecule has 180 valence electrons. The lowest BCUT2D eigenvalue weighted by molar-refractivity contribution is -0.153. The van der Waals surface area contributed by atoms with Crippen molar-refractivity contribution in [3.8, 4) is 28.7 Å². The van der Waals surface area contributed by atoms with E-state index in [1.54, 1.807) is 12.1 Å². The molecule has 0 radical (unpaired) electrons. The SMILES string of the molecule is COc1cc(CCC(CC(CCc2ccc(O)c(O)c2)OC(C)=O)OC(C)=O)cc(O)c1O. The van der Waals surface area contributed by atoms with Crippen molar-refractivity contribution in [1.82, 2.24) is 0 Å². The number of aromatic hydroxyl groups is 4. The Kier molecular flexibility index (Phi) is 9.20. The molecule has 2 atom stereocenters. The first kappa shape index (κ1) is 25.6. The molecule has 33 heavy (non-hydrogen) atoms. The molecular formula is C24H30O9. The molecule has 9 nitrogen and oxygen atoms in total. The van der Waals surface area contributed by atoms with E-state index in [1.165, 1.54) is 39.2 Å². The van der Waals surface area contributed by atoms with Crippen molar-refractivity contribution >= 4 is 11.9 Å². The summed E-state index contributed by atoms with van der Waals surface area (Å²) in [5.41, 5.74) is 1.42. The standard InChI is InChI=1S/C24H30O9/c1-14(25)32-18(7-4-16-6-9-20(27)21(28)10-16)13-19(33-15(2)26)8-5-17-11-22(29)24(30)23(12-17)31-3/h6,9-12,18-19,27-30H,4-5,7-8,13H2,1-3H3. The van der Waals surface area contributed by atoms with Crippen LogP contribution >= 0.6 is 0 Å². The van der Waals surface area contributed by atoms with Gasteiger partial charge in [0.25, 0.3) is 0 Å². The van der Waals surface area contributed by atoms with Crippen LogP contribution in [0.1, 0.15) is 44.2 Å². The van der Waals surface area contributed by atoms with Crippen LogP contribution in [0.3, 0.4) is 0 Å². The smallest absolute Gasteiger partial charge is 0.302 e. The first-order chi connectivity index (χ1) is 15.6. The van der Waals surface area contributed by atoms with Gasteiger partial charge in [-0.05, 0) is 61.1 Å². The quantitative estimate of drug-likeness (QED) is 0.292. The number of rotatable bonds is 11. The molecule has 0 aliphatic rings. The second-order valence-corrected chi connectivity index (χ2v) is 7.76. The summed E-state index contributed by atoms with van der Waals surface area (Å²) in [7, 11) is 1.37. The van der Waals surface area contributed by atoms with E-state index in [0.717, 1.165) is 5.56 Å². The largest absolute Gasteiger partial charge is 0.504 e. The van der Waals surface area contributed by atoms with Gasteiger partial charge in [0.1, 0.15) is 12.2 Å². The highest BCUT2D eigenvalue weighted by atomic mass is 16.6. The highest BCUT2D eigenvalue weighted by Gasteiger charge is 2.22. The number of carbonyl (C=O) groups is 2. The summed E-state index contributed by atoms with van der Waals surface area (Å²) in [6.07, 6.45) is 0.792. The number of phenolic OH excluding ortho intramolecular Hbond substituents is 4. The van der Waals surface area contributed by atoms with Gasteiger partial charge in [0.05, 0.1) is 7.11 Å². The highest BCUT2D eigenvalue weighted by Crippen LogP contribution is 2.36. The van der Waals surface area contributed by atoms with Crippen molar-refractivity contribution in [2.45, 2.75) is 58.2 Å². The van der Waals surface area contributed by atoms with E-state index < -0.39 is 24.1 Å². The van der Waals surface area contributed by atoms with Crippen LogP contribution < -0.4 is 4.74 Å². The maximum atomic E-state index is 11.6. The van der Waals surface area contributed by atoms with Gasteiger partial charge in [-0.1, -0.05) is 6.07 Å². The fraction of sp³-hybridized carbons (Fsp3) is 0.417. The zero-order chi connectivity index (χ0) is 24.5. The maximum Gasteiger partial charge on any atom is 0.302 e. The van der Waals surface area contributed by atoms with Crippen molar-refractivity contribution in [3.63, 3.8) is 0 Å². The van der Waals surface area contributed by atoms with E-state index in [0.29, 0.717) is 31.2 Å². The van der Waals surface area contributed by atoms with Gasteiger partial charge in [-0.2, -0.15) is 0 Å². The lowest BCUT2D eigenvalue weighted by atomic mass is 9.98. The third-order valence-electron chi connectivity index (χ3n) is 5.08. The van der Waals surface area contributed by atoms with Gasteiger partial charge < -0.3 is 34.6 Å². The van der Waals surface area contributed by atoms with Crippen LogP contribution in [0, 0.1) is 0 Å². The molecule has 0 fully saturated rings. The molecule has 0 aliphatic heterocycles. The second-order valence-electron chi connectivity index (χ2n) is 7.76. The van der Waals surface area contributed by atoms with Gasteiger partial charge in [-0.15, -0.1) is 0 Å². The van der Waals surface area contributed by atoms with Crippen LogP contribution in [0.2, 0.25) is 0 Å². The number of aryl methyl sites for hydroxylation is 2. The molecule has 2 unspecified atom stereocenters. The van der Waals surface area contributed by atoms with Crippen LogP contribution in [-0.4, -0.2) is 51.7 Å². The number of methoxy groups -OCH3 is 1. The minimum atomic E-state index is -0.568. The molecule has 0 aromatic heterocycles. The van der Waals surface area contributed by atoms with Crippen LogP contribution in [-0.2, 0) is 31.9 Å². The average molecular weight is 462 g/mol. The Morgan fingerprint density at radius 1 is 0.788 bits per heavy atom. The van der Waals surface area contributed by atoms with Crippen molar-refractivity contribution < 1.29 is 44.2 Å². The molecule has 0 aliphatic carbocycles. The van der Waals surface area contributed by atoms with E-state index in [1.807, 2.05) is 0 Å². The van der Waals surface area contributed by atoms with Gasteiger partial charge in [-0.25, -0.2) is 0 Å². The summed E-state index contributed by atoms with van der Waals surface area (Å²) in [5, 5.41) is 38.8. The molecule has 0 spiro atoms. The van der Waals surface area contributed by atoms with Crippen LogP contribution in [0.25, 0.3) is 0 Å². The minimum absolute atomic E-state index is 0.129. The Bertz CT molecular complexity index is 971. The van der Waals surface area contributed by atoms with Crippen LogP contribution in [0.4, 0.5) is 0 Å². The molecular weight excluding hydrogens is 432 g/mol.